The summed E-state index contributed by atoms with van der Waals surface area (Å²) in [5.41, 5.74) is 9.92. The van der Waals surface area contributed by atoms with Crippen LogP contribution < -0.4 is 5.73 Å². The van der Waals surface area contributed by atoms with Gasteiger partial charge in [-0.25, -0.2) is 4.98 Å². The van der Waals surface area contributed by atoms with Crippen molar-refractivity contribution in [1.82, 2.24) is 4.98 Å². The molecule has 0 radical (unpaired) electrons. The van der Waals surface area contributed by atoms with Crippen LogP contribution in [0.15, 0.2) is 24.3 Å². The summed E-state index contributed by atoms with van der Waals surface area (Å²) in [6.45, 7) is 4.47. The summed E-state index contributed by atoms with van der Waals surface area (Å²) in [5.74, 6) is 1.26. The van der Waals surface area contributed by atoms with E-state index in [-0.39, 0.29) is 0 Å². The summed E-state index contributed by atoms with van der Waals surface area (Å²) >= 11 is 1.66. The van der Waals surface area contributed by atoms with Gasteiger partial charge in [-0.2, -0.15) is 0 Å². The van der Waals surface area contributed by atoms with Gasteiger partial charge in [0.05, 0.1) is 5.69 Å². The summed E-state index contributed by atoms with van der Waals surface area (Å²) in [4.78, 5) is 5.88. The van der Waals surface area contributed by atoms with Gasteiger partial charge in [0.25, 0.3) is 0 Å². The summed E-state index contributed by atoms with van der Waals surface area (Å²) < 4.78 is 0. The monoisotopic (exact) mass is 272 g/mol. The molecule has 1 fully saturated rings. The molecule has 2 N–H and O–H groups in total. The van der Waals surface area contributed by atoms with Gasteiger partial charge in [0, 0.05) is 17.2 Å². The molecule has 0 bridgehead atoms. The van der Waals surface area contributed by atoms with Gasteiger partial charge in [0.15, 0.2) is 5.13 Å². The maximum Gasteiger partial charge on any atom is 0.180 e. The molecule has 0 saturated heterocycles. The zero-order chi connectivity index (χ0) is 13.4. The van der Waals surface area contributed by atoms with Crippen molar-refractivity contribution in [2.75, 3.05) is 5.73 Å². The lowest BCUT2D eigenvalue weighted by Crippen LogP contribution is -1.94. The number of hydrogen-bond donors (Lipinski definition) is 1. The van der Waals surface area contributed by atoms with Crippen molar-refractivity contribution >= 4 is 16.5 Å². The lowest BCUT2D eigenvalue weighted by molar-refractivity contribution is 0.863. The third-order valence-corrected chi connectivity index (χ3v) is 4.59. The lowest BCUT2D eigenvalue weighted by Gasteiger charge is -2.08. The van der Waals surface area contributed by atoms with E-state index in [4.69, 9.17) is 5.73 Å². The second kappa shape index (κ2) is 4.97. The van der Waals surface area contributed by atoms with E-state index in [2.05, 4.69) is 43.1 Å². The van der Waals surface area contributed by atoms with Gasteiger partial charge >= 0.3 is 0 Å². The number of aromatic nitrogens is 1. The van der Waals surface area contributed by atoms with Gasteiger partial charge in [-0.15, -0.1) is 11.3 Å². The van der Waals surface area contributed by atoms with Crippen LogP contribution in [-0.2, 0) is 6.42 Å². The fourth-order valence-electron chi connectivity index (χ4n) is 2.43. The molecular weight excluding hydrogens is 252 g/mol. The molecule has 1 aromatic heterocycles. The molecular formula is C16H20N2S. The minimum Gasteiger partial charge on any atom is -0.375 e. The van der Waals surface area contributed by atoms with E-state index in [1.54, 1.807) is 11.3 Å². The lowest BCUT2D eigenvalue weighted by atomic mass is 9.99. The second-order valence-electron chi connectivity index (χ2n) is 5.71. The Hall–Kier alpha value is -1.35. The maximum absolute atomic E-state index is 5.88. The van der Waals surface area contributed by atoms with Gasteiger partial charge in [0.2, 0.25) is 0 Å². The van der Waals surface area contributed by atoms with E-state index < -0.39 is 0 Å². The quantitative estimate of drug-likeness (QED) is 0.900. The van der Waals surface area contributed by atoms with Crippen LogP contribution in [0, 0.1) is 0 Å². The minimum absolute atomic E-state index is 0.578. The van der Waals surface area contributed by atoms with Crippen molar-refractivity contribution in [3.05, 3.63) is 46.0 Å². The van der Waals surface area contributed by atoms with Crippen molar-refractivity contribution in [2.45, 2.75) is 44.9 Å². The molecule has 19 heavy (non-hydrogen) atoms. The first kappa shape index (κ1) is 12.7. The molecule has 3 rings (SSSR count). The van der Waals surface area contributed by atoms with E-state index in [1.807, 2.05) is 0 Å². The first-order valence-electron chi connectivity index (χ1n) is 6.97. The Kier molecular flexibility index (Phi) is 3.31. The number of hydrogen-bond acceptors (Lipinski definition) is 3. The predicted octanol–water partition coefficient (Wildman–Crippen LogP) is 4.32. The van der Waals surface area contributed by atoms with Gasteiger partial charge < -0.3 is 5.73 Å². The zero-order valence-corrected chi connectivity index (χ0v) is 12.3. The van der Waals surface area contributed by atoms with E-state index in [1.165, 1.54) is 34.5 Å². The Bertz CT molecular complexity index is 582. The number of nitrogens with two attached hydrogens (primary N) is 1. The molecule has 1 aliphatic carbocycles. The highest BCUT2D eigenvalue weighted by Crippen LogP contribution is 2.43. The predicted molar refractivity (Wildman–Crippen MR) is 81.8 cm³/mol. The SMILES string of the molecule is CC(C)c1cccc(Cc2sc(N)nc2C2CC2)c1. The third-order valence-electron chi connectivity index (χ3n) is 3.69. The summed E-state index contributed by atoms with van der Waals surface area (Å²) in [6.07, 6.45) is 3.53. The number of anilines is 1. The standard InChI is InChI=1S/C16H20N2S/c1-10(2)13-5-3-4-11(8-13)9-14-15(12-6-7-12)18-16(17)19-14/h3-5,8,10,12H,6-7,9H2,1-2H3,(H2,17,18). The second-order valence-corrected chi connectivity index (χ2v) is 6.83. The summed E-state index contributed by atoms with van der Waals surface area (Å²) in [5, 5.41) is 0.719. The van der Waals surface area contributed by atoms with Crippen LogP contribution >= 0.6 is 11.3 Å². The Morgan fingerprint density at radius 2 is 2.16 bits per heavy atom. The van der Waals surface area contributed by atoms with Crippen molar-refractivity contribution < 1.29 is 0 Å². The van der Waals surface area contributed by atoms with Crippen molar-refractivity contribution in [3.63, 3.8) is 0 Å². The molecule has 0 unspecified atom stereocenters. The Morgan fingerprint density at radius 3 is 2.84 bits per heavy atom. The Morgan fingerprint density at radius 1 is 1.37 bits per heavy atom. The third kappa shape index (κ3) is 2.81. The van der Waals surface area contributed by atoms with E-state index in [0.29, 0.717) is 11.8 Å². The molecule has 1 aliphatic rings. The normalized spacial score (nSPS) is 15.1. The smallest absolute Gasteiger partial charge is 0.180 e. The summed E-state index contributed by atoms with van der Waals surface area (Å²) in [6, 6.07) is 8.89. The molecule has 1 aromatic carbocycles. The molecule has 0 aliphatic heterocycles. The molecule has 2 aromatic rings. The number of thiazole rings is 1. The fraction of sp³-hybridized carbons (Fsp3) is 0.438. The Balaban J connectivity index is 1.86. The van der Waals surface area contributed by atoms with Crippen LogP contribution in [0.5, 0.6) is 0 Å². The molecule has 0 atom stereocenters. The highest BCUT2D eigenvalue weighted by atomic mass is 32.1. The number of benzene rings is 1. The van der Waals surface area contributed by atoms with E-state index in [9.17, 15) is 0 Å². The van der Waals surface area contributed by atoms with Gasteiger partial charge in [-0.05, 0) is 29.9 Å². The average molecular weight is 272 g/mol. The van der Waals surface area contributed by atoms with Crippen LogP contribution in [0.2, 0.25) is 0 Å². The van der Waals surface area contributed by atoms with E-state index >= 15 is 0 Å². The molecule has 0 amide bonds. The highest BCUT2D eigenvalue weighted by molar-refractivity contribution is 7.15. The van der Waals surface area contributed by atoms with Gasteiger partial charge in [-0.3, -0.25) is 0 Å². The molecule has 100 valence electrons. The van der Waals surface area contributed by atoms with Crippen molar-refractivity contribution in [2.24, 2.45) is 0 Å². The first-order chi connectivity index (χ1) is 9.13. The Labute approximate surface area is 118 Å². The van der Waals surface area contributed by atoms with Crippen LogP contribution in [0.1, 0.15) is 60.2 Å². The molecule has 0 spiro atoms. The van der Waals surface area contributed by atoms with Crippen LogP contribution in [0.4, 0.5) is 5.13 Å². The first-order valence-corrected chi connectivity index (χ1v) is 7.79. The molecule has 1 heterocycles. The maximum atomic E-state index is 5.88. The average Bonchev–Trinajstić information content (AvgIpc) is 3.15. The van der Waals surface area contributed by atoms with Crippen LogP contribution in [0.3, 0.4) is 0 Å². The minimum atomic E-state index is 0.578. The van der Waals surface area contributed by atoms with E-state index in [0.717, 1.165) is 11.6 Å². The zero-order valence-electron chi connectivity index (χ0n) is 11.5. The number of nitrogens with zero attached hydrogens (tertiary/aromatic N) is 1. The molecule has 2 nitrogen and oxygen atoms in total. The summed E-state index contributed by atoms with van der Waals surface area (Å²) in [7, 11) is 0. The van der Waals surface area contributed by atoms with Gasteiger partial charge in [-0.1, -0.05) is 38.1 Å². The van der Waals surface area contributed by atoms with Gasteiger partial charge in [0.1, 0.15) is 0 Å². The van der Waals surface area contributed by atoms with Crippen molar-refractivity contribution in [1.29, 1.82) is 0 Å². The fourth-order valence-corrected chi connectivity index (χ4v) is 3.38. The van der Waals surface area contributed by atoms with Crippen molar-refractivity contribution in [3.8, 4) is 0 Å². The molecule has 3 heteroatoms. The highest BCUT2D eigenvalue weighted by Gasteiger charge is 2.29. The van der Waals surface area contributed by atoms with Crippen LogP contribution in [0.25, 0.3) is 0 Å². The van der Waals surface area contributed by atoms with Crippen LogP contribution in [-0.4, -0.2) is 4.98 Å². The number of nitrogen functional groups attached to an aromatic ring is 1. The topological polar surface area (TPSA) is 38.9 Å². The molecule has 1 saturated carbocycles. The number of rotatable bonds is 4. The largest absolute Gasteiger partial charge is 0.375 e.